The average Bonchev–Trinajstić information content (AvgIpc) is 2.61. The number of nitrogens with one attached hydrogen (secondary N) is 1. The lowest BCUT2D eigenvalue weighted by molar-refractivity contribution is 0.576. The topological polar surface area (TPSA) is 41.1 Å². The molecule has 1 fully saturated rings. The second-order valence-corrected chi connectivity index (χ2v) is 6.48. The first-order chi connectivity index (χ1) is 11.2. The Kier molecular flexibility index (Phi) is 5.11. The van der Waals surface area contributed by atoms with E-state index in [4.69, 9.17) is 0 Å². The van der Waals surface area contributed by atoms with Crippen LogP contribution < -0.4 is 10.2 Å². The van der Waals surface area contributed by atoms with Crippen molar-refractivity contribution in [2.45, 2.75) is 45.6 Å². The molecule has 2 aromatic rings. The minimum absolute atomic E-state index is 0.345. The van der Waals surface area contributed by atoms with Crippen LogP contribution >= 0.6 is 0 Å². The molecule has 0 unspecified atom stereocenters. The Morgan fingerprint density at radius 3 is 2.65 bits per heavy atom. The predicted octanol–water partition coefficient (Wildman–Crippen LogP) is 4.20. The smallest absolute Gasteiger partial charge is 0.133 e. The van der Waals surface area contributed by atoms with Crippen LogP contribution in [0.3, 0.4) is 0 Å². The van der Waals surface area contributed by atoms with Gasteiger partial charge in [-0.2, -0.15) is 0 Å². The van der Waals surface area contributed by atoms with Crippen LogP contribution in [0.5, 0.6) is 0 Å². The lowest BCUT2D eigenvalue weighted by Crippen LogP contribution is -2.30. The summed E-state index contributed by atoms with van der Waals surface area (Å²) in [6.45, 7) is 7.36. The first-order valence-corrected chi connectivity index (χ1v) is 8.63. The highest BCUT2D eigenvalue weighted by atomic mass is 15.1. The lowest BCUT2D eigenvalue weighted by Gasteiger charge is -2.30. The summed E-state index contributed by atoms with van der Waals surface area (Å²) < 4.78 is 0. The summed E-state index contributed by atoms with van der Waals surface area (Å²) in [6, 6.07) is 10.6. The lowest BCUT2D eigenvalue weighted by atomic mass is 10.1. The number of para-hydroxylation sites is 1. The molecular weight excluding hydrogens is 284 g/mol. The highest BCUT2D eigenvalue weighted by Gasteiger charge is 2.14. The van der Waals surface area contributed by atoms with Crippen LogP contribution in [0.15, 0.2) is 36.5 Å². The van der Waals surface area contributed by atoms with Gasteiger partial charge in [-0.1, -0.05) is 32.0 Å². The van der Waals surface area contributed by atoms with Crippen LogP contribution in [-0.4, -0.2) is 23.1 Å². The molecule has 1 aromatic carbocycles. The van der Waals surface area contributed by atoms with Crippen molar-refractivity contribution < 1.29 is 0 Å². The molecule has 1 N–H and O–H groups in total. The molecule has 0 spiro atoms. The third kappa shape index (κ3) is 4.01. The summed E-state index contributed by atoms with van der Waals surface area (Å²) in [5.41, 5.74) is 2.69. The summed E-state index contributed by atoms with van der Waals surface area (Å²) >= 11 is 0. The predicted molar refractivity (Wildman–Crippen MR) is 96.0 cm³/mol. The van der Waals surface area contributed by atoms with Gasteiger partial charge >= 0.3 is 0 Å². The minimum atomic E-state index is 0.345. The van der Waals surface area contributed by atoms with Gasteiger partial charge in [-0.05, 0) is 37.0 Å². The number of rotatable bonds is 5. The number of benzene rings is 1. The van der Waals surface area contributed by atoms with Gasteiger partial charge in [0.15, 0.2) is 0 Å². The molecule has 1 aliphatic heterocycles. The summed E-state index contributed by atoms with van der Waals surface area (Å²) in [5.74, 6) is 2.13. The molecule has 0 aliphatic carbocycles. The van der Waals surface area contributed by atoms with Gasteiger partial charge in [0.05, 0.1) is 0 Å². The number of aromatic nitrogens is 2. The summed E-state index contributed by atoms with van der Waals surface area (Å²) in [6.07, 6.45) is 5.79. The molecule has 4 nitrogen and oxygen atoms in total. The van der Waals surface area contributed by atoms with Gasteiger partial charge in [-0.25, -0.2) is 9.97 Å². The SMILES string of the molecule is CC(C)c1nccc(NCc2ccccc2N2CCCCC2)n1. The fraction of sp³-hybridized carbons (Fsp3) is 0.474. The average molecular weight is 310 g/mol. The largest absolute Gasteiger partial charge is 0.371 e. The molecule has 4 heteroatoms. The summed E-state index contributed by atoms with van der Waals surface area (Å²) in [4.78, 5) is 11.4. The van der Waals surface area contributed by atoms with E-state index >= 15 is 0 Å². The highest BCUT2D eigenvalue weighted by Crippen LogP contribution is 2.24. The van der Waals surface area contributed by atoms with Crippen molar-refractivity contribution in [3.05, 3.63) is 47.9 Å². The molecule has 0 radical (unpaired) electrons. The van der Waals surface area contributed by atoms with Crippen molar-refractivity contribution in [1.29, 1.82) is 0 Å². The second-order valence-electron chi connectivity index (χ2n) is 6.48. The molecule has 1 saturated heterocycles. The van der Waals surface area contributed by atoms with Gasteiger partial charge in [0.25, 0.3) is 0 Å². The zero-order valence-corrected chi connectivity index (χ0v) is 14.1. The molecular formula is C19H26N4. The number of hydrogen-bond acceptors (Lipinski definition) is 4. The van der Waals surface area contributed by atoms with Gasteiger partial charge in [0.2, 0.25) is 0 Å². The second kappa shape index (κ2) is 7.44. The summed E-state index contributed by atoms with van der Waals surface area (Å²) in [5, 5.41) is 3.46. The van der Waals surface area contributed by atoms with E-state index in [2.05, 4.69) is 58.3 Å². The third-order valence-corrected chi connectivity index (χ3v) is 4.34. The number of nitrogens with zero attached hydrogens (tertiary/aromatic N) is 3. The van der Waals surface area contributed by atoms with Gasteiger partial charge in [0, 0.05) is 37.4 Å². The number of hydrogen-bond donors (Lipinski definition) is 1. The Balaban J connectivity index is 1.72. The quantitative estimate of drug-likeness (QED) is 0.898. The fourth-order valence-corrected chi connectivity index (χ4v) is 3.04. The van der Waals surface area contributed by atoms with Gasteiger partial charge in [-0.15, -0.1) is 0 Å². The van der Waals surface area contributed by atoms with E-state index in [1.165, 1.54) is 43.6 Å². The molecule has 122 valence electrons. The van der Waals surface area contributed by atoms with E-state index in [-0.39, 0.29) is 0 Å². The Labute approximate surface area is 139 Å². The molecule has 1 aromatic heterocycles. The molecule has 1 aliphatic rings. The van der Waals surface area contributed by atoms with Crippen LogP contribution in [0.1, 0.15) is 50.4 Å². The Hall–Kier alpha value is -2.10. The van der Waals surface area contributed by atoms with Crippen LogP contribution in [0, 0.1) is 0 Å². The molecule has 0 saturated carbocycles. The molecule has 3 rings (SSSR count). The Bertz CT molecular complexity index is 633. The van der Waals surface area contributed by atoms with E-state index < -0.39 is 0 Å². The standard InChI is InChI=1S/C19H26N4/c1-15(2)19-20-11-10-18(22-19)21-14-16-8-4-5-9-17(16)23-12-6-3-7-13-23/h4-5,8-11,15H,3,6-7,12-14H2,1-2H3,(H,20,21,22). The van der Waals surface area contributed by atoms with Crippen molar-refractivity contribution in [2.75, 3.05) is 23.3 Å². The number of anilines is 2. The maximum Gasteiger partial charge on any atom is 0.133 e. The maximum atomic E-state index is 4.59. The van der Waals surface area contributed by atoms with Crippen molar-refractivity contribution in [1.82, 2.24) is 9.97 Å². The van der Waals surface area contributed by atoms with Crippen molar-refractivity contribution in [3.8, 4) is 0 Å². The molecule has 0 atom stereocenters. The van der Waals surface area contributed by atoms with Crippen molar-refractivity contribution in [3.63, 3.8) is 0 Å². The highest BCUT2D eigenvalue weighted by molar-refractivity contribution is 5.55. The fourth-order valence-electron chi connectivity index (χ4n) is 3.04. The maximum absolute atomic E-state index is 4.59. The zero-order valence-electron chi connectivity index (χ0n) is 14.1. The minimum Gasteiger partial charge on any atom is -0.371 e. The summed E-state index contributed by atoms with van der Waals surface area (Å²) in [7, 11) is 0. The van der Waals surface area contributed by atoms with Gasteiger partial charge in [0.1, 0.15) is 11.6 Å². The van der Waals surface area contributed by atoms with Gasteiger partial charge < -0.3 is 10.2 Å². The molecule has 23 heavy (non-hydrogen) atoms. The van der Waals surface area contributed by atoms with E-state index in [9.17, 15) is 0 Å². The van der Waals surface area contributed by atoms with E-state index in [1.807, 2.05) is 12.3 Å². The van der Waals surface area contributed by atoms with E-state index in [0.717, 1.165) is 18.2 Å². The van der Waals surface area contributed by atoms with Crippen LogP contribution in [0.4, 0.5) is 11.5 Å². The van der Waals surface area contributed by atoms with Crippen molar-refractivity contribution >= 4 is 11.5 Å². The zero-order chi connectivity index (χ0) is 16.1. The monoisotopic (exact) mass is 310 g/mol. The van der Waals surface area contributed by atoms with E-state index in [1.54, 1.807) is 0 Å². The first kappa shape index (κ1) is 15.8. The van der Waals surface area contributed by atoms with E-state index in [0.29, 0.717) is 5.92 Å². The Morgan fingerprint density at radius 2 is 1.87 bits per heavy atom. The normalized spacial score (nSPS) is 15.0. The molecule has 0 bridgehead atoms. The molecule has 0 amide bonds. The first-order valence-electron chi connectivity index (χ1n) is 8.63. The van der Waals surface area contributed by atoms with Crippen molar-refractivity contribution in [2.24, 2.45) is 0 Å². The van der Waals surface area contributed by atoms with Crippen LogP contribution in [0.25, 0.3) is 0 Å². The number of piperidine rings is 1. The van der Waals surface area contributed by atoms with Crippen LogP contribution in [-0.2, 0) is 6.54 Å². The molecule has 2 heterocycles. The third-order valence-electron chi connectivity index (χ3n) is 4.34. The Morgan fingerprint density at radius 1 is 1.09 bits per heavy atom. The van der Waals surface area contributed by atoms with Crippen LogP contribution in [0.2, 0.25) is 0 Å². The van der Waals surface area contributed by atoms with Gasteiger partial charge in [-0.3, -0.25) is 0 Å².